The van der Waals surface area contributed by atoms with Crippen molar-refractivity contribution in [3.05, 3.63) is 0 Å². The van der Waals surface area contributed by atoms with Crippen LogP contribution in [0.1, 0.15) is 239 Å². The van der Waals surface area contributed by atoms with Crippen LogP contribution in [0.25, 0.3) is 0 Å². The molecule has 0 aromatic carbocycles. The summed E-state index contributed by atoms with van der Waals surface area (Å²) in [5.74, 6) is -0.790. The van der Waals surface area contributed by atoms with E-state index >= 15 is 0 Å². The van der Waals surface area contributed by atoms with Gasteiger partial charge in [-0.1, -0.05) is 213 Å². The molecule has 10 nitrogen and oxygen atoms in total. The van der Waals surface area contributed by atoms with Crippen molar-refractivity contribution in [3.8, 4) is 0 Å². The lowest BCUT2D eigenvalue weighted by Crippen LogP contribution is -2.59. The monoisotopic (exact) mass is 829 g/mol. The van der Waals surface area contributed by atoms with Crippen LogP contribution in [0.5, 0.6) is 0 Å². The predicted molar refractivity (Wildman–Crippen MR) is 234 cm³/mol. The van der Waals surface area contributed by atoms with Crippen molar-refractivity contribution in [2.75, 3.05) is 19.8 Å². The van der Waals surface area contributed by atoms with E-state index in [4.69, 9.17) is 18.9 Å². The van der Waals surface area contributed by atoms with E-state index in [1.54, 1.807) is 0 Å². The lowest BCUT2D eigenvalue weighted by molar-refractivity contribution is -0.305. The third kappa shape index (κ3) is 30.7. The minimum absolute atomic E-state index is 0.209. The molecule has 1 aliphatic rings. The minimum Gasteiger partial charge on any atom is -0.462 e. The first-order valence-electron chi connectivity index (χ1n) is 24.6. The van der Waals surface area contributed by atoms with Crippen molar-refractivity contribution in [1.29, 1.82) is 0 Å². The van der Waals surface area contributed by atoms with Crippen LogP contribution < -0.4 is 0 Å². The summed E-state index contributed by atoms with van der Waals surface area (Å²) in [5.41, 5.74) is 0. The lowest BCUT2D eigenvalue weighted by Gasteiger charge is -2.39. The number of carbonyl (C=O) groups is 2. The maximum absolute atomic E-state index is 12.7. The van der Waals surface area contributed by atoms with Crippen LogP contribution in [0.4, 0.5) is 0 Å². The summed E-state index contributed by atoms with van der Waals surface area (Å²) in [6.45, 7) is 3.45. The van der Waals surface area contributed by atoms with Crippen molar-refractivity contribution in [2.45, 2.75) is 275 Å². The van der Waals surface area contributed by atoms with E-state index in [2.05, 4.69) is 13.8 Å². The first kappa shape index (κ1) is 54.7. The molecule has 6 atom stereocenters. The highest BCUT2D eigenvalue weighted by Gasteiger charge is 2.44. The molecule has 0 aromatic heterocycles. The van der Waals surface area contributed by atoms with Gasteiger partial charge in [0.15, 0.2) is 12.4 Å². The summed E-state index contributed by atoms with van der Waals surface area (Å²) in [5, 5.41) is 40.1. The molecule has 0 radical (unpaired) electrons. The standard InChI is InChI=1S/C48H92O10/c1-3-5-7-9-11-13-15-16-17-18-19-20-21-22-23-24-25-27-28-30-32-34-36-43(50)55-39-41(40-56-48-47(54)46(53)45(52)42(38-49)58-48)57-44(51)37-35-33-31-29-26-14-12-10-8-6-4-2/h41-42,45-49,52-54H,3-40H2,1-2H3/t41-,42-,45+,46?,47?,48-/m0/s1. The van der Waals surface area contributed by atoms with E-state index in [-0.39, 0.29) is 32.0 Å². The molecule has 0 amide bonds. The van der Waals surface area contributed by atoms with Crippen LogP contribution >= 0.6 is 0 Å². The number of aliphatic hydroxyl groups excluding tert-OH is 4. The highest BCUT2D eigenvalue weighted by atomic mass is 16.7. The van der Waals surface area contributed by atoms with E-state index in [1.807, 2.05) is 0 Å². The van der Waals surface area contributed by atoms with E-state index in [0.717, 1.165) is 38.5 Å². The Labute approximate surface area is 355 Å². The van der Waals surface area contributed by atoms with Crippen LogP contribution in [0.3, 0.4) is 0 Å². The summed E-state index contributed by atoms with van der Waals surface area (Å²) in [6, 6.07) is 0. The molecule has 10 heteroatoms. The normalized spacial score (nSPS) is 20.0. The molecule has 1 aliphatic heterocycles. The van der Waals surface area contributed by atoms with Crippen molar-refractivity contribution in [2.24, 2.45) is 0 Å². The second-order valence-electron chi connectivity index (χ2n) is 17.3. The number of hydrogen-bond donors (Lipinski definition) is 4. The molecule has 0 spiro atoms. The van der Waals surface area contributed by atoms with Crippen LogP contribution in [0.2, 0.25) is 0 Å². The quantitative estimate of drug-likeness (QED) is 0.0346. The molecule has 0 aliphatic carbocycles. The second-order valence-corrected chi connectivity index (χ2v) is 17.3. The fourth-order valence-corrected chi connectivity index (χ4v) is 7.84. The zero-order valence-corrected chi connectivity index (χ0v) is 37.6. The van der Waals surface area contributed by atoms with Gasteiger partial charge >= 0.3 is 11.9 Å². The average Bonchev–Trinajstić information content (AvgIpc) is 3.22. The average molecular weight is 829 g/mol. The summed E-state index contributed by atoms with van der Waals surface area (Å²) >= 11 is 0. The van der Waals surface area contributed by atoms with Crippen molar-refractivity contribution in [3.63, 3.8) is 0 Å². The number of rotatable bonds is 42. The van der Waals surface area contributed by atoms with Gasteiger partial charge in [-0.3, -0.25) is 9.59 Å². The molecule has 344 valence electrons. The van der Waals surface area contributed by atoms with Crippen molar-refractivity contribution >= 4 is 11.9 Å². The molecule has 1 rings (SSSR count). The second kappa shape index (κ2) is 39.8. The van der Waals surface area contributed by atoms with Crippen LogP contribution in [0, 0.1) is 0 Å². The van der Waals surface area contributed by atoms with Crippen LogP contribution in [-0.2, 0) is 28.5 Å². The molecule has 58 heavy (non-hydrogen) atoms. The van der Waals surface area contributed by atoms with Gasteiger partial charge in [0.2, 0.25) is 0 Å². The zero-order valence-electron chi connectivity index (χ0n) is 37.6. The Morgan fingerprint density at radius 2 is 0.810 bits per heavy atom. The summed E-state index contributed by atoms with van der Waals surface area (Å²) in [4.78, 5) is 25.3. The van der Waals surface area contributed by atoms with E-state index in [0.29, 0.717) is 6.42 Å². The number of carbonyl (C=O) groups excluding carboxylic acids is 2. The molecule has 1 heterocycles. The van der Waals surface area contributed by atoms with Gasteiger partial charge in [0.05, 0.1) is 13.2 Å². The van der Waals surface area contributed by atoms with Crippen LogP contribution in [-0.4, -0.2) is 89.0 Å². The number of aliphatic hydroxyl groups is 4. The van der Waals surface area contributed by atoms with E-state index in [9.17, 15) is 30.0 Å². The predicted octanol–water partition coefficient (Wildman–Crippen LogP) is 11.0. The molecular weight excluding hydrogens is 737 g/mol. The third-order valence-electron chi connectivity index (χ3n) is 11.7. The largest absolute Gasteiger partial charge is 0.462 e. The Balaban J connectivity index is 2.20. The van der Waals surface area contributed by atoms with Crippen molar-refractivity contribution < 1.29 is 49.0 Å². The summed E-state index contributed by atoms with van der Waals surface area (Å²) in [6.07, 6.45) is 34.1. The minimum atomic E-state index is -1.59. The van der Waals surface area contributed by atoms with Gasteiger partial charge in [0.25, 0.3) is 0 Å². The molecule has 1 saturated heterocycles. The number of hydrogen-bond acceptors (Lipinski definition) is 10. The van der Waals surface area contributed by atoms with Gasteiger partial charge in [0, 0.05) is 12.8 Å². The molecule has 2 unspecified atom stereocenters. The van der Waals surface area contributed by atoms with Gasteiger partial charge in [0.1, 0.15) is 31.0 Å². The fraction of sp³-hybridized carbons (Fsp3) is 0.958. The first-order valence-corrected chi connectivity index (χ1v) is 24.6. The zero-order chi connectivity index (χ0) is 42.3. The Morgan fingerprint density at radius 3 is 1.17 bits per heavy atom. The lowest BCUT2D eigenvalue weighted by atomic mass is 9.99. The Hall–Kier alpha value is -1.30. The Kier molecular flexibility index (Phi) is 37.6. The smallest absolute Gasteiger partial charge is 0.306 e. The molecule has 0 bridgehead atoms. The fourth-order valence-electron chi connectivity index (χ4n) is 7.84. The topological polar surface area (TPSA) is 152 Å². The highest BCUT2D eigenvalue weighted by molar-refractivity contribution is 5.70. The number of unbranched alkanes of at least 4 members (excludes halogenated alkanes) is 31. The molecular formula is C48H92O10. The van der Waals surface area contributed by atoms with Gasteiger partial charge in [-0.2, -0.15) is 0 Å². The maximum Gasteiger partial charge on any atom is 0.306 e. The Bertz CT molecular complexity index is 917. The molecule has 0 saturated carbocycles. The van der Waals surface area contributed by atoms with E-state index in [1.165, 1.54) is 167 Å². The maximum atomic E-state index is 12.7. The van der Waals surface area contributed by atoms with Gasteiger partial charge in [-0.15, -0.1) is 0 Å². The van der Waals surface area contributed by atoms with E-state index < -0.39 is 49.4 Å². The summed E-state index contributed by atoms with van der Waals surface area (Å²) in [7, 11) is 0. The number of ether oxygens (including phenoxy) is 4. The Morgan fingerprint density at radius 1 is 0.466 bits per heavy atom. The van der Waals surface area contributed by atoms with Gasteiger partial charge < -0.3 is 39.4 Å². The first-order chi connectivity index (χ1) is 28.3. The third-order valence-corrected chi connectivity index (χ3v) is 11.7. The SMILES string of the molecule is CCCCCCCCCCCCCCCCCCCCCCCCC(=O)OC[C@@H](CO[C@H]1O[C@@H](CO)[C@@H](O)C(O)C1O)OC(=O)CCCCCCCCCCCCC. The van der Waals surface area contributed by atoms with Gasteiger partial charge in [-0.05, 0) is 12.8 Å². The molecule has 4 N–H and O–H groups in total. The van der Waals surface area contributed by atoms with Crippen LogP contribution in [0.15, 0.2) is 0 Å². The van der Waals surface area contributed by atoms with Gasteiger partial charge in [-0.25, -0.2) is 0 Å². The molecule has 0 aromatic rings. The molecule has 1 fully saturated rings. The van der Waals surface area contributed by atoms with Crippen molar-refractivity contribution in [1.82, 2.24) is 0 Å². The highest BCUT2D eigenvalue weighted by Crippen LogP contribution is 2.23. The summed E-state index contributed by atoms with van der Waals surface area (Å²) < 4.78 is 22.2. The number of esters is 2.